The van der Waals surface area contributed by atoms with Crippen molar-refractivity contribution in [2.24, 2.45) is 11.3 Å². The van der Waals surface area contributed by atoms with Gasteiger partial charge in [-0.25, -0.2) is 4.79 Å². The summed E-state index contributed by atoms with van der Waals surface area (Å²) < 4.78 is 0. The molecule has 1 unspecified atom stereocenters. The highest BCUT2D eigenvalue weighted by Gasteiger charge is 2.30. The van der Waals surface area contributed by atoms with Crippen molar-refractivity contribution < 1.29 is 9.90 Å². The van der Waals surface area contributed by atoms with Gasteiger partial charge < -0.3 is 5.11 Å². The van der Waals surface area contributed by atoms with E-state index in [0.29, 0.717) is 0 Å². The Balaban J connectivity index is 2.68. The summed E-state index contributed by atoms with van der Waals surface area (Å²) in [4.78, 5) is 10.3. The second kappa shape index (κ2) is 3.83. The van der Waals surface area contributed by atoms with Gasteiger partial charge in [0, 0.05) is 11.8 Å². The minimum Gasteiger partial charge on any atom is -0.472 e. The van der Waals surface area contributed by atoms with Crippen LogP contribution in [0.4, 0.5) is 0 Å². The maximum absolute atomic E-state index is 10.3. The van der Waals surface area contributed by atoms with Crippen LogP contribution in [0, 0.1) is 23.2 Å². The molecule has 0 aromatic carbocycles. The van der Waals surface area contributed by atoms with Gasteiger partial charge in [0.25, 0.3) is 0 Å². The first-order valence-electron chi connectivity index (χ1n) is 4.77. The van der Waals surface area contributed by atoms with E-state index in [1.807, 2.05) is 0 Å². The molecule has 0 saturated heterocycles. The summed E-state index contributed by atoms with van der Waals surface area (Å²) in [5.74, 6) is 4.35. The fourth-order valence-corrected chi connectivity index (χ4v) is 1.91. The molecule has 0 amide bonds. The fraction of sp³-hybridized carbons (Fsp3) is 0.727. The van der Waals surface area contributed by atoms with Crippen LogP contribution >= 0.6 is 0 Å². The first-order chi connectivity index (χ1) is 6.02. The Kier molecular flexibility index (Phi) is 2.98. The van der Waals surface area contributed by atoms with Crippen LogP contribution in [0.1, 0.15) is 39.5 Å². The molecule has 0 aromatic rings. The quantitative estimate of drug-likeness (QED) is 0.581. The number of hydrogen-bond donors (Lipinski definition) is 1. The van der Waals surface area contributed by atoms with E-state index in [9.17, 15) is 4.79 Å². The molecule has 1 aliphatic rings. The molecule has 0 heterocycles. The third kappa shape index (κ3) is 2.77. The third-order valence-electron chi connectivity index (χ3n) is 2.86. The standard InChI is InChI=1S/C11H16O2/c1-11(2)8-4-3-5-9(11)6-7-10(12)13/h9H,3-5,8H2,1-2H3,(H,12,13). The molecule has 1 fully saturated rings. The molecular formula is C11H16O2. The smallest absolute Gasteiger partial charge is 0.381 e. The van der Waals surface area contributed by atoms with E-state index in [-0.39, 0.29) is 11.3 Å². The van der Waals surface area contributed by atoms with Gasteiger partial charge in [0.2, 0.25) is 0 Å². The van der Waals surface area contributed by atoms with Crippen molar-refractivity contribution in [3.05, 3.63) is 0 Å². The zero-order valence-electron chi connectivity index (χ0n) is 8.26. The molecule has 0 aromatic heterocycles. The largest absolute Gasteiger partial charge is 0.472 e. The molecule has 0 bridgehead atoms. The summed E-state index contributed by atoms with van der Waals surface area (Å²) in [6, 6.07) is 0. The molecule has 2 heteroatoms. The Hall–Kier alpha value is -0.970. The van der Waals surface area contributed by atoms with Gasteiger partial charge in [-0.05, 0) is 18.3 Å². The monoisotopic (exact) mass is 180 g/mol. The number of rotatable bonds is 0. The molecule has 1 aliphatic carbocycles. The fourth-order valence-electron chi connectivity index (χ4n) is 1.91. The second-order valence-electron chi connectivity index (χ2n) is 4.36. The van der Waals surface area contributed by atoms with Crippen LogP contribution < -0.4 is 0 Å². The van der Waals surface area contributed by atoms with E-state index in [0.717, 1.165) is 12.8 Å². The summed E-state index contributed by atoms with van der Waals surface area (Å²) in [5, 5.41) is 8.44. The van der Waals surface area contributed by atoms with Gasteiger partial charge in [0.05, 0.1) is 0 Å². The van der Waals surface area contributed by atoms with Gasteiger partial charge in [0.1, 0.15) is 0 Å². The summed E-state index contributed by atoms with van der Waals surface area (Å²) >= 11 is 0. The Morgan fingerprint density at radius 1 is 1.46 bits per heavy atom. The summed E-state index contributed by atoms with van der Waals surface area (Å²) in [5.41, 5.74) is 0.195. The van der Waals surface area contributed by atoms with Crippen LogP contribution in [0.5, 0.6) is 0 Å². The minimum absolute atomic E-state index is 0.195. The first-order valence-corrected chi connectivity index (χ1v) is 4.77. The average Bonchev–Trinajstić information content (AvgIpc) is 2.01. The Morgan fingerprint density at radius 3 is 2.69 bits per heavy atom. The zero-order chi connectivity index (χ0) is 9.90. The zero-order valence-corrected chi connectivity index (χ0v) is 8.26. The van der Waals surface area contributed by atoms with Crippen LogP contribution in [0.25, 0.3) is 0 Å². The van der Waals surface area contributed by atoms with E-state index in [4.69, 9.17) is 5.11 Å². The van der Waals surface area contributed by atoms with Gasteiger partial charge >= 0.3 is 5.97 Å². The molecule has 2 nitrogen and oxygen atoms in total. The molecule has 1 atom stereocenters. The normalized spacial score (nSPS) is 25.8. The molecule has 0 radical (unpaired) electrons. The predicted molar refractivity (Wildman–Crippen MR) is 51.2 cm³/mol. The number of aliphatic carboxylic acids is 1. The van der Waals surface area contributed by atoms with Crippen LogP contribution in [0.3, 0.4) is 0 Å². The van der Waals surface area contributed by atoms with E-state index in [1.54, 1.807) is 0 Å². The maximum Gasteiger partial charge on any atom is 0.381 e. The summed E-state index contributed by atoms with van der Waals surface area (Å²) in [7, 11) is 0. The van der Waals surface area contributed by atoms with E-state index >= 15 is 0 Å². The lowest BCUT2D eigenvalue weighted by molar-refractivity contribution is -0.130. The third-order valence-corrected chi connectivity index (χ3v) is 2.86. The van der Waals surface area contributed by atoms with Gasteiger partial charge in [-0.2, -0.15) is 0 Å². The van der Waals surface area contributed by atoms with Crippen LogP contribution in [-0.4, -0.2) is 11.1 Å². The number of hydrogen-bond acceptors (Lipinski definition) is 1. The molecule has 1 rings (SSSR count). The van der Waals surface area contributed by atoms with Crippen molar-refractivity contribution in [1.82, 2.24) is 0 Å². The van der Waals surface area contributed by atoms with Crippen molar-refractivity contribution >= 4 is 5.97 Å². The van der Waals surface area contributed by atoms with Crippen molar-refractivity contribution in [1.29, 1.82) is 0 Å². The summed E-state index contributed by atoms with van der Waals surface area (Å²) in [6.07, 6.45) is 4.64. The van der Waals surface area contributed by atoms with Gasteiger partial charge in [-0.3, -0.25) is 0 Å². The molecule has 1 saturated carbocycles. The highest BCUT2D eigenvalue weighted by atomic mass is 16.4. The minimum atomic E-state index is -1.01. The van der Waals surface area contributed by atoms with E-state index < -0.39 is 5.97 Å². The van der Waals surface area contributed by atoms with Crippen molar-refractivity contribution in [3.63, 3.8) is 0 Å². The van der Waals surface area contributed by atoms with Crippen molar-refractivity contribution in [2.45, 2.75) is 39.5 Å². The first kappa shape index (κ1) is 10.1. The summed E-state index contributed by atoms with van der Waals surface area (Å²) in [6.45, 7) is 4.35. The lowest BCUT2D eigenvalue weighted by atomic mass is 9.69. The molecule has 0 spiro atoms. The number of carbonyl (C=O) groups is 1. The van der Waals surface area contributed by atoms with Crippen LogP contribution in [0.2, 0.25) is 0 Å². The van der Waals surface area contributed by atoms with Gasteiger partial charge in [-0.1, -0.05) is 32.6 Å². The second-order valence-corrected chi connectivity index (χ2v) is 4.36. The van der Waals surface area contributed by atoms with Gasteiger partial charge in [0.15, 0.2) is 0 Å². The van der Waals surface area contributed by atoms with Crippen molar-refractivity contribution in [3.8, 4) is 11.8 Å². The molecular weight excluding hydrogens is 164 g/mol. The SMILES string of the molecule is CC1(C)CCCCC1C#CC(=O)O. The number of carboxylic acids is 1. The average molecular weight is 180 g/mol. The Morgan fingerprint density at radius 2 is 2.15 bits per heavy atom. The van der Waals surface area contributed by atoms with Crippen LogP contribution in [0.15, 0.2) is 0 Å². The number of carboxylic acid groups (broad SMARTS) is 1. The topological polar surface area (TPSA) is 37.3 Å². The Labute approximate surface area is 79.3 Å². The lowest BCUT2D eigenvalue weighted by Crippen LogP contribution is -2.26. The lowest BCUT2D eigenvalue weighted by Gasteiger charge is -2.35. The van der Waals surface area contributed by atoms with E-state index in [2.05, 4.69) is 25.7 Å². The molecule has 1 N–H and O–H groups in total. The van der Waals surface area contributed by atoms with Crippen LogP contribution in [-0.2, 0) is 4.79 Å². The van der Waals surface area contributed by atoms with Gasteiger partial charge in [-0.15, -0.1) is 0 Å². The Bertz CT molecular complexity index is 255. The highest BCUT2D eigenvalue weighted by Crippen LogP contribution is 2.39. The van der Waals surface area contributed by atoms with E-state index in [1.165, 1.54) is 12.8 Å². The predicted octanol–water partition coefficient (Wildman–Crippen LogP) is 2.29. The molecule has 13 heavy (non-hydrogen) atoms. The van der Waals surface area contributed by atoms with Crippen molar-refractivity contribution in [2.75, 3.05) is 0 Å². The maximum atomic E-state index is 10.3. The molecule has 0 aliphatic heterocycles. The highest BCUT2D eigenvalue weighted by molar-refractivity contribution is 5.86. The molecule has 72 valence electrons.